The number of aliphatic hydroxyl groups is 2. The van der Waals surface area contributed by atoms with E-state index in [1.54, 1.807) is 0 Å². The molecule has 0 bridgehead atoms. The Labute approximate surface area is 420 Å². The van der Waals surface area contributed by atoms with Crippen LogP contribution in [0.5, 0.6) is 0 Å². The fraction of sp³-hybridized carbons (Fsp3) is 0.895. The number of hydrogen-bond acceptors (Lipinski definition) is 11. The molecule has 12 nitrogen and oxygen atoms in total. The number of carboxylic acids is 1. The van der Waals surface area contributed by atoms with Gasteiger partial charge in [-0.05, 0) is 38.5 Å². The number of carbonyl (C=O) groups excluding carboxylic acids is 3. The molecule has 12 heteroatoms. The predicted octanol–water partition coefficient (Wildman–Crippen LogP) is 14.1. The van der Waals surface area contributed by atoms with E-state index in [1.165, 1.54) is 135 Å². The zero-order valence-electron chi connectivity index (χ0n) is 44.3. The second-order valence-electron chi connectivity index (χ2n) is 19.9. The molecule has 404 valence electrons. The van der Waals surface area contributed by atoms with E-state index < -0.39 is 67.3 Å². The van der Waals surface area contributed by atoms with E-state index in [9.17, 15) is 34.5 Å². The second kappa shape index (κ2) is 46.5. The van der Waals surface area contributed by atoms with Crippen LogP contribution in [0.1, 0.15) is 278 Å². The Bertz CT molecular complexity index is 1260. The van der Waals surface area contributed by atoms with E-state index in [4.69, 9.17) is 23.7 Å². The summed E-state index contributed by atoms with van der Waals surface area (Å²) in [5, 5.41) is 31.3. The molecule has 1 rings (SSSR count). The molecule has 1 aliphatic rings. The van der Waals surface area contributed by atoms with Gasteiger partial charge in [0.2, 0.25) is 0 Å². The number of rotatable bonds is 49. The molecule has 0 aromatic carbocycles. The average molecular weight is 981 g/mol. The lowest BCUT2D eigenvalue weighted by Gasteiger charge is -2.40. The van der Waals surface area contributed by atoms with Gasteiger partial charge in [0.1, 0.15) is 18.8 Å². The molecule has 0 aromatic heterocycles. The molecule has 1 saturated heterocycles. The Morgan fingerprint density at radius 1 is 0.464 bits per heavy atom. The fourth-order valence-corrected chi connectivity index (χ4v) is 8.88. The molecular formula is C57H104O12. The highest BCUT2D eigenvalue weighted by molar-refractivity contribution is 5.74. The first-order chi connectivity index (χ1) is 33.6. The summed E-state index contributed by atoms with van der Waals surface area (Å²) in [5.74, 6) is -3.10. The van der Waals surface area contributed by atoms with Gasteiger partial charge in [0.25, 0.3) is 0 Å². The molecule has 0 aromatic rings. The maximum absolute atomic E-state index is 13.1. The van der Waals surface area contributed by atoms with Crippen molar-refractivity contribution in [1.29, 1.82) is 0 Å². The number of carbonyl (C=O) groups is 4. The van der Waals surface area contributed by atoms with E-state index in [2.05, 4.69) is 32.9 Å². The summed E-state index contributed by atoms with van der Waals surface area (Å²) in [6.07, 6.45) is 37.9. The van der Waals surface area contributed by atoms with Gasteiger partial charge in [-0.3, -0.25) is 14.4 Å². The van der Waals surface area contributed by atoms with Crippen LogP contribution in [0.2, 0.25) is 0 Å². The number of aliphatic hydroxyl groups excluding tert-OH is 2. The molecule has 3 N–H and O–H groups in total. The first kappa shape index (κ1) is 64.5. The third-order valence-corrected chi connectivity index (χ3v) is 13.3. The summed E-state index contributed by atoms with van der Waals surface area (Å²) in [4.78, 5) is 50.8. The predicted molar refractivity (Wildman–Crippen MR) is 276 cm³/mol. The molecular weight excluding hydrogens is 877 g/mol. The minimum absolute atomic E-state index is 0.0655. The molecule has 69 heavy (non-hydrogen) atoms. The van der Waals surface area contributed by atoms with Crippen LogP contribution in [0, 0.1) is 0 Å². The summed E-state index contributed by atoms with van der Waals surface area (Å²) in [6.45, 7) is 5.93. The summed E-state index contributed by atoms with van der Waals surface area (Å²) >= 11 is 0. The van der Waals surface area contributed by atoms with Crippen LogP contribution in [0.25, 0.3) is 0 Å². The SMILES string of the molecule is CCCC/C=C\CCCCCCCC(=O)OC(COC(=O)CCCCCCCCCCCCCCCCCCCCC)COC1OC(C(=O)O)C(O)C(O)C1OC(=O)CCCCCCCCCCC. The van der Waals surface area contributed by atoms with E-state index in [1.807, 2.05) is 0 Å². The largest absolute Gasteiger partial charge is 0.479 e. The summed E-state index contributed by atoms with van der Waals surface area (Å²) in [6, 6.07) is 0. The minimum Gasteiger partial charge on any atom is -0.479 e. The molecule has 0 saturated carbocycles. The number of unbranched alkanes of at least 4 members (excludes halogenated alkanes) is 33. The van der Waals surface area contributed by atoms with Crippen molar-refractivity contribution < 1.29 is 58.2 Å². The quantitative estimate of drug-likeness (QED) is 0.0228. The molecule has 6 unspecified atom stereocenters. The highest BCUT2D eigenvalue weighted by Gasteiger charge is 2.50. The van der Waals surface area contributed by atoms with Crippen molar-refractivity contribution in [2.45, 2.75) is 314 Å². The third kappa shape index (κ3) is 37.0. The van der Waals surface area contributed by atoms with E-state index in [-0.39, 0.29) is 25.9 Å². The number of ether oxygens (including phenoxy) is 5. The van der Waals surface area contributed by atoms with Crippen molar-refractivity contribution in [3.63, 3.8) is 0 Å². The van der Waals surface area contributed by atoms with Gasteiger partial charge in [-0.25, -0.2) is 4.79 Å². The topological polar surface area (TPSA) is 175 Å². The molecule has 1 heterocycles. The average Bonchev–Trinajstić information content (AvgIpc) is 3.33. The van der Waals surface area contributed by atoms with Crippen molar-refractivity contribution >= 4 is 23.9 Å². The Balaban J connectivity index is 2.62. The van der Waals surface area contributed by atoms with Crippen LogP contribution in [0.15, 0.2) is 12.2 Å². The van der Waals surface area contributed by atoms with Gasteiger partial charge >= 0.3 is 23.9 Å². The number of hydrogen-bond donors (Lipinski definition) is 3. The van der Waals surface area contributed by atoms with Gasteiger partial charge in [-0.1, -0.05) is 232 Å². The van der Waals surface area contributed by atoms with Gasteiger partial charge in [-0.2, -0.15) is 0 Å². The number of carboxylic acid groups (broad SMARTS) is 1. The van der Waals surface area contributed by atoms with Crippen LogP contribution in [0.3, 0.4) is 0 Å². The van der Waals surface area contributed by atoms with Crippen LogP contribution in [-0.2, 0) is 42.9 Å². The molecule has 1 aliphatic heterocycles. The van der Waals surface area contributed by atoms with Crippen LogP contribution in [0.4, 0.5) is 0 Å². The number of aliphatic carboxylic acids is 1. The van der Waals surface area contributed by atoms with Gasteiger partial charge in [0, 0.05) is 19.3 Å². The lowest BCUT2D eigenvalue weighted by Crippen LogP contribution is -2.61. The van der Waals surface area contributed by atoms with Gasteiger partial charge in [-0.15, -0.1) is 0 Å². The molecule has 1 fully saturated rings. The van der Waals surface area contributed by atoms with Gasteiger partial charge < -0.3 is 39.0 Å². The second-order valence-corrected chi connectivity index (χ2v) is 19.9. The van der Waals surface area contributed by atoms with Crippen molar-refractivity contribution in [2.75, 3.05) is 13.2 Å². The van der Waals surface area contributed by atoms with E-state index >= 15 is 0 Å². The zero-order chi connectivity index (χ0) is 50.4. The molecule has 6 atom stereocenters. The van der Waals surface area contributed by atoms with E-state index in [0.717, 1.165) is 83.5 Å². The smallest absolute Gasteiger partial charge is 0.335 e. The van der Waals surface area contributed by atoms with Crippen molar-refractivity contribution in [3.8, 4) is 0 Å². The van der Waals surface area contributed by atoms with Crippen LogP contribution < -0.4 is 0 Å². The van der Waals surface area contributed by atoms with Crippen molar-refractivity contribution in [1.82, 2.24) is 0 Å². The highest BCUT2D eigenvalue weighted by atomic mass is 16.7. The minimum atomic E-state index is -1.89. The highest BCUT2D eigenvalue weighted by Crippen LogP contribution is 2.26. The number of allylic oxidation sites excluding steroid dienone is 2. The molecule has 0 radical (unpaired) electrons. The Kier molecular flexibility index (Phi) is 43.5. The zero-order valence-corrected chi connectivity index (χ0v) is 44.3. The van der Waals surface area contributed by atoms with Crippen LogP contribution in [-0.4, -0.2) is 89.2 Å². The molecule has 0 amide bonds. The molecule has 0 spiro atoms. The first-order valence-electron chi connectivity index (χ1n) is 28.7. The lowest BCUT2D eigenvalue weighted by atomic mass is 9.98. The third-order valence-electron chi connectivity index (χ3n) is 13.3. The fourth-order valence-electron chi connectivity index (χ4n) is 8.88. The maximum Gasteiger partial charge on any atom is 0.335 e. The summed E-state index contributed by atoms with van der Waals surface area (Å²) in [7, 11) is 0. The Hall–Kier alpha value is -2.54. The van der Waals surface area contributed by atoms with Crippen molar-refractivity contribution in [2.24, 2.45) is 0 Å². The Morgan fingerprint density at radius 2 is 0.841 bits per heavy atom. The summed E-state index contributed by atoms with van der Waals surface area (Å²) in [5.41, 5.74) is 0. The van der Waals surface area contributed by atoms with Crippen LogP contribution >= 0.6 is 0 Å². The first-order valence-corrected chi connectivity index (χ1v) is 28.7. The number of esters is 3. The monoisotopic (exact) mass is 981 g/mol. The standard InChI is InChI=1S/C57H104O12/c1-4-7-10-13-16-19-21-22-23-24-25-26-27-28-30-32-34-37-40-43-49(58)65-46-48(67-50(59)44-41-38-36-33-29-20-17-14-11-8-5-2)47-66-57-55(53(62)52(61)54(69-57)56(63)64)68-51(60)45-42-39-35-31-18-15-12-9-6-3/h14,17,48,52-55,57,61-62H,4-13,15-16,18-47H2,1-3H3,(H,63,64)/b17-14-. The van der Waals surface area contributed by atoms with Gasteiger partial charge in [0.15, 0.2) is 24.6 Å². The Morgan fingerprint density at radius 3 is 1.28 bits per heavy atom. The van der Waals surface area contributed by atoms with Crippen molar-refractivity contribution in [3.05, 3.63) is 12.2 Å². The summed E-state index contributed by atoms with van der Waals surface area (Å²) < 4.78 is 28.3. The van der Waals surface area contributed by atoms with E-state index in [0.29, 0.717) is 19.3 Å². The molecule has 0 aliphatic carbocycles. The normalized spacial score (nSPS) is 18.7. The van der Waals surface area contributed by atoms with Gasteiger partial charge in [0.05, 0.1) is 6.61 Å². The maximum atomic E-state index is 13.1. The lowest BCUT2D eigenvalue weighted by molar-refractivity contribution is -0.301.